The van der Waals surface area contributed by atoms with Gasteiger partial charge in [0.15, 0.2) is 0 Å². The van der Waals surface area contributed by atoms with Crippen molar-refractivity contribution in [1.29, 1.82) is 0 Å². The number of alkyl halides is 3. The van der Waals surface area contributed by atoms with Crippen LogP contribution in [0.3, 0.4) is 0 Å². The molecular formula is C29H29F3N2O2. The van der Waals surface area contributed by atoms with Crippen LogP contribution in [0.2, 0.25) is 0 Å². The number of aryl methyl sites for hydroxylation is 2. The maximum Gasteiger partial charge on any atom is 0.417 e. The zero-order chi connectivity index (χ0) is 26.6. The molecule has 0 atom stereocenters. The standard InChI is InChI=1S/C29H29F3N2O2/c1-5-34(4)26-17-24(29(30,31)32)23(15-19(26)3)22-10-8-6-7-9-20(22)13-14-25(33)28(36)21-12-11-18(2)27(35)16-21/h5-6,8,10-17,35H,1,7,9,33H2,2-4H3/b20-13+,25-14-. The van der Waals surface area contributed by atoms with Crippen LogP contribution >= 0.6 is 0 Å². The third-order valence-electron chi connectivity index (χ3n) is 6.11. The number of nitrogens with two attached hydrogens (primary N) is 1. The SMILES string of the molecule is C=CN(C)c1cc(C(F)(F)F)c(C2=CC=CCC/C2=C\C=C(/N)C(=O)c2ccc(C)c(O)c2)cc1C. The summed E-state index contributed by atoms with van der Waals surface area (Å²) in [5, 5.41) is 9.90. The van der Waals surface area contributed by atoms with Crippen LogP contribution in [0.25, 0.3) is 5.57 Å². The number of benzene rings is 2. The molecular weight excluding hydrogens is 465 g/mol. The van der Waals surface area contributed by atoms with Gasteiger partial charge in [0, 0.05) is 18.3 Å². The molecule has 0 heterocycles. The maximum absolute atomic E-state index is 14.2. The van der Waals surface area contributed by atoms with Crippen LogP contribution < -0.4 is 10.6 Å². The number of aromatic hydroxyl groups is 1. The molecule has 3 N–H and O–H groups in total. The minimum absolute atomic E-state index is 0.0207. The van der Waals surface area contributed by atoms with Gasteiger partial charge in [0.2, 0.25) is 5.78 Å². The molecule has 2 aromatic carbocycles. The number of hydrogen-bond acceptors (Lipinski definition) is 4. The first-order valence-corrected chi connectivity index (χ1v) is 11.4. The van der Waals surface area contributed by atoms with Crippen molar-refractivity contribution in [2.75, 3.05) is 11.9 Å². The number of phenolic OH excluding ortho intramolecular Hbond substituents is 1. The molecule has 0 radical (unpaired) electrons. The Morgan fingerprint density at radius 1 is 1.17 bits per heavy atom. The molecule has 0 saturated heterocycles. The molecule has 0 aromatic heterocycles. The number of hydrogen-bond donors (Lipinski definition) is 2. The summed E-state index contributed by atoms with van der Waals surface area (Å²) >= 11 is 0. The highest BCUT2D eigenvalue weighted by Crippen LogP contribution is 2.42. The molecule has 0 unspecified atom stereocenters. The summed E-state index contributed by atoms with van der Waals surface area (Å²) in [7, 11) is 1.65. The first-order chi connectivity index (χ1) is 16.9. The highest BCUT2D eigenvalue weighted by molar-refractivity contribution is 6.08. The third kappa shape index (κ3) is 5.79. The average Bonchev–Trinajstić information content (AvgIpc) is 3.07. The van der Waals surface area contributed by atoms with Crippen molar-refractivity contribution in [2.24, 2.45) is 5.73 Å². The van der Waals surface area contributed by atoms with E-state index in [2.05, 4.69) is 6.58 Å². The second-order valence-electron chi connectivity index (χ2n) is 8.67. The number of carbonyl (C=O) groups is 1. The van der Waals surface area contributed by atoms with E-state index in [0.29, 0.717) is 40.8 Å². The fraction of sp³-hybridized carbons (Fsp3) is 0.207. The van der Waals surface area contributed by atoms with E-state index < -0.39 is 17.5 Å². The summed E-state index contributed by atoms with van der Waals surface area (Å²) in [4.78, 5) is 14.3. The second-order valence-corrected chi connectivity index (χ2v) is 8.67. The molecule has 3 rings (SSSR count). The van der Waals surface area contributed by atoms with Crippen LogP contribution in [-0.4, -0.2) is 17.9 Å². The van der Waals surface area contributed by atoms with Crippen molar-refractivity contribution in [3.05, 3.63) is 113 Å². The lowest BCUT2D eigenvalue weighted by atomic mass is 9.89. The van der Waals surface area contributed by atoms with Gasteiger partial charge in [-0.15, -0.1) is 0 Å². The van der Waals surface area contributed by atoms with Gasteiger partial charge >= 0.3 is 6.18 Å². The van der Waals surface area contributed by atoms with Crippen LogP contribution in [-0.2, 0) is 6.18 Å². The predicted molar refractivity (Wildman–Crippen MR) is 139 cm³/mol. The number of ketones is 1. The summed E-state index contributed by atoms with van der Waals surface area (Å²) in [6, 6.07) is 7.18. The molecule has 7 heteroatoms. The van der Waals surface area contributed by atoms with Gasteiger partial charge in [-0.3, -0.25) is 4.79 Å². The average molecular weight is 495 g/mol. The molecule has 0 spiro atoms. The number of Topliss-reactive ketones (excluding diaryl/α,β-unsaturated/α-hetero) is 1. The van der Waals surface area contributed by atoms with Crippen molar-refractivity contribution in [1.82, 2.24) is 0 Å². The van der Waals surface area contributed by atoms with E-state index in [1.165, 1.54) is 24.4 Å². The van der Waals surface area contributed by atoms with Gasteiger partial charge < -0.3 is 15.7 Å². The minimum Gasteiger partial charge on any atom is -0.508 e. The van der Waals surface area contributed by atoms with Crippen LogP contribution in [0.15, 0.2) is 84.8 Å². The quantitative estimate of drug-likeness (QED) is 0.335. The van der Waals surface area contributed by atoms with E-state index >= 15 is 0 Å². The fourth-order valence-electron chi connectivity index (χ4n) is 3.99. The second kappa shape index (κ2) is 10.7. The first kappa shape index (κ1) is 26.6. The van der Waals surface area contributed by atoms with Gasteiger partial charge in [-0.2, -0.15) is 13.2 Å². The van der Waals surface area contributed by atoms with Gasteiger partial charge in [0.1, 0.15) is 5.75 Å². The number of carbonyl (C=O) groups excluding carboxylic acids is 1. The van der Waals surface area contributed by atoms with Crippen LogP contribution in [0.4, 0.5) is 18.9 Å². The summed E-state index contributed by atoms with van der Waals surface area (Å²) in [6.45, 7) is 7.11. The topological polar surface area (TPSA) is 66.6 Å². The van der Waals surface area contributed by atoms with E-state index in [-0.39, 0.29) is 22.6 Å². The van der Waals surface area contributed by atoms with Crippen molar-refractivity contribution in [3.63, 3.8) is 0 Å². The Hall–Kier alpha value is -4.00. The number of rotatable bonds is 6. The van der Waals surface area contributed by atoms with Crippen LogP contribution in [0, 0.1) is 13.8 Å². The number of phenols is 1. The zero-order valence-corrected chi connectivity index (χ0v) is 20.5. The highest BCUT2D eigenvalue weighted by Gasteiger charge is 2.35. The number of nitrogens with zero attached hydrogens (tertiary/aromatic N) is 1. The molecule has 36 heavy (non-hydrogen) atoms. The Bertz CT molecular complexity index is 1310. The van der Waals surface area contributed by atoms with E-state index in [9.17, 15) is 23.1 Å². The van der Waals surface area contributed by atoms with Crippen molar-refractivity contribution in [3.8, 4) is 5.75 Å². The van der Waals surface area contributed by atoms with E-state index in [1.54, 1.807) is 56.2 Å². The highest BCUT2D eigenvalue weighted by atomic mass is 19.4. The van der Waals surface area contributed by atoms with E-state index in [1.807, 2.05) is 6.08 Å². The molecule has 1 aliphatic carbocycles. The molecule has 188 valence electrons. The van der Waals surface area contributed by atoms with Gasteiger partial charge in [-0.25, -0.2) is 0 Å². The van der Waals surface area contributed by atoms with Gasteiger partial charge in [0.25, 0.3) is 0 Å². The molecule has 0 saturated carbocycles. The van der Waals surface area contributed by atoms with Crippen molar-refractivity contribution >= 4 is 17.0 Å². The number of halogens is 3. The lowest BCUT2D eigenvalue weighted by Gasteiger charge is -2.23. The minimum atomic E-state index is -4.58. The molecule has 2 aromatic rings. The normalized spacial score (nSPS) is 15.4. The number of allylic oxidation sites excluding steroid dienone is 8. The Kier molecular flexibility index (Phi) is 7.93. The molecule has 0 amide bonds. The monoisotopic (exact) mass is 494 g/mol. The van der Waals surface area contributed by atoms with Gasteiger partial charge in [-0.1, -0.05) is 43.0 Å². The smallest absolute Gasteiger partial charge is 0.417 e. The molecule has 4 nitrogen and oxygen atoms in total. The Balaban J connectivity index is 2.09. The zero-order valence-electron chi connectivity index (χ0n) is 20.5. The van der Waals surface area contributed by atoms with Crippen molar-refractivity contribution < 1.29 is 23.1 Å². The van der Waals surface area contributed by atoms with Gasteiger partial charge in [-0.05, 0) is 85.0 Å². The summed E-state index contributed by atoms with van der Waals surface area (Å²) < 4.78 is 42.5. The lowest BCUT2D eigenvalue weighted by molar-refractivity contribution is -0.137. The summed E-state index contributed by atoms with van der Waals surface area (Å²) in [6.07, 6.45) is 6.25. The van der Waals surface area contributed by atoms with Crippen LogP contribution in [0.5, 0.6) is 5.75 Å². The van der Waals surface area contributed by atoms with Crippen LogP contribution in [0.1, 0.15) is 45.5 Å². The summed E-state index contributed by atoms with van der Waals surface area (Å²) in [5.74, 6) is -0.504. The Morgan fingerprint density at radius 3 is 2.53 bits per heavy atom. The molecule has 1 aliphatic rings. The number of anilines is 1. The maximum atomic E-state index is 14.2. The fourth-order valence-corrected chi connectivity index (χ4v) is 3.99. The molecule has 0 fully saturated rings. The van der Waals surface area contributed by atoms with E-state index in [0.717, 1.165) is 6.07 Å². The predicted octanol–water partition coefficient (Wildman–Crippen LogP) is 6.99. The lowest BCUT2D eigenvalue weighted by Crippen LogP contribution is -2.15. The molecule has 0 aliphatic heterocycles. The largest absolute Gasteiger partial charge is 0.508 e. The third-order valence-corrected chi connectivity index (χ3v) is 6.11. The van der Waals surface area contributed by atoms with Crippen molar-refractivity contribution in [2.45, 2.75) is 32.9 Å². The van der Waals surface area contributed by atoms with Gasteiger partial charge in [0.05, 0.1) is 11.3 Å². The Morgan fingerprint density at radius 2 is 1.89 bits per heavy atom. The van der Waals surface area contributed by atoms with E-state index in [4.69, 9.17) is 5.73 Å². The first-order valence-electron chi connectivity index (χ1n) is 11.4. The summed E-state index contributed by atoms with van der Waals surface area (Å²) in [5.41, 5.74) is 8.19. The molecule has 0 bridgehead atoms. The Labute approximate surface area is 209 Å².